The minimum absolute atomic E-state index is 0.0926. The summed E-state index contributed by atoms with van der Waals surface area (Å²) in [4.78, 5) is 24.2. The third-order valence-electron chi connectivity index (χ3n) is 3.31. The molecule has 134 valence electrons. The summed E-state index contributed by atoms with van der Waals surface area (Å²) >= 11 is 6.96. The second-order valence-corrected chi connectivity index (χ2v) is 6.86. The van der Waals surface area contributed by atoms with Crippen LogP contribution in [0.5, 0.6) is 5.75 Å². The van der Waals surface area contributed by atoms with Crippen LogP contribution in [0.2, 0.25) is 4.34 Å². The van der Waals surface area contributed by atoms with E-state index in [1.807, 2.05) is 0 Å². The van der Waals surface area contributed by atoms with Crippen molar-refractivity contribution in [2.45, 2.75) is 25.9 Å². The number of hydrogen-bond acceptors (Lipinski definition) is 4. The van der Waals surface area contributed by atoms with Crippen LogP contribution in [0.3, 0.4) is 0 Å². The first-order valence-corrected chi connectivity index (χ1v) is 8.72. The van der Waals surface area contributed by atoms with Crippen molar-refractivity contribution in [1.29, 1.82) is 0 Å². The Morgan fingerprint density at radius 3 is 2.44 bits per heavy atom. The first-order valence-electron chi connectivity index (χ1n) is 7.53. The zero-order valence-electron chi connectivity index (χ0n) is 13.1. The van der Waals surface area contributed by atoms with E-state index in [-0.39, 0.29) is 30.3 Å². The molecule has 2 aromatic rings. The molecule has 0 aliphatic heterocycles. The van der Waals surface area contributed by atoms with Gasteiger partial charge in [0.15, 0.2) is 5.78 Å². The quantitative estimate of drug-likeness (QED) is 0.652. The summed E-state index contributed by atoms with van der Waals surface area (Å²) in [6.45, 7) is -2.45. The first-order chi connectivity index (χ1) is 11.9. The molecular weight excluding hydrogens is 372 g/mol. The number of amides is 1. The SMILES string of the molecule is O=C(CCC(=O)c1ccc(Cl)s1)NCCc1ccc(OC(F)F)cc1. The molecule has 2 rings (SSSR count). The van der Waals surface area contributed by atoms with Crippen molar-refractivity contribution in [2.24, 2.45) is 0 Å². The number of nitrogens with one attached hydrogen (secondary N) is 1. The molecular formula is C17H16ClF2NO3S. The van der Waals surface area contributed by atoms with Crippen molar-refractivity contribution >= 4 is 34.6 Å². The van der Waals surface area contributed by atoms with Crippen LogP contribution >= 0.6 is 22.9 Å². The highest BCUT2D eigenvalue weighted by Crippen LogP contribution is 2.22. The Morgan fingerprint density at radius 1 is 1.12 bits per heavy atom. The Balaban J connectivity index is 1.67. The van der Waals surface area contributed by atoms with Crippen LogP contribution in [0.25, 0.3) is 0 Å². The van der Waals surface area contributed by atoms with Crippen LogP contribution in [0, 0.1) is 0 Å². The van der Waals surface area contributed by atoms with Gasteiger partial charge in [-0.2, -0.15) is 8.78 Å². The number of thiophene rings is 1. The summed E-state index contributed by atoms with van der Waals surface area (Å²) in [5.41, 5.74) is 0.881. The minimum atomic E-state index is -2.85. The molecule has 0 fully saturated rings. The maximum absolute atomic E-state index is 12.1. The van der Waals surface area contributed by atoms with E-state index in [2.05, 4.69) is 10.1 Å². The van der Waals surface area contributed by atoms with Crippen molar-refractivity contribution in [3.05, 3.63) is 51.2 Å². The molecule has 1 amide bonds. The number of ketones is 1. The molecule has 0 aliphatic rings. The molecule has 25 heavy (non-hydrogen) atoms. The van der Waals surface area contributed by atoms with Crippen LogP contribution in [0.15, 0.2) is 36.4 Å². The summed E-state index contributed by atoms with van der Waals surface area (Å²) in [5, 5.41) is 2.72. The van der Waals surface area contributed by atoms with E-state index < -0.39 is 6.61 Å². The van der Waals surface area contributed by atoms with Gasteiger partial charge in [-0.3, -0.25) is 9.59 Å². The minimum Gasteiger partial charge on any atom is -0.435 e. The molecule has 4 nitrogen and oxygen atoms in total. The lowest BCUT2D eigenvalue weighted by molar-refractivity contribution is -0.121. The van der Waals surface area contributed by atoms with E-state index in [0.29, 0.717) is 22.2 Å². The molecule has 1 aromatic heterocycles. The highest BCUT2D eigenvalue weighted by molar-refractivity contribution is 7.18. The average molecular weight is 388 g/mol. The predicted octanol–water partition coefficient (Wildman–Crippen LogP) is 4.32. The van der Waals surface area contributed by atoms with Gasteiger partial charge in [0.1, 0.15) is 5.75 Å². The summed E-state index contributed by atoms with van der Waals surface area (Å²) in [5.74, 6) is -0.231. The van der Waals surface area contributed by atoms with Gasteiger partial charge in [0.2, 0.25) is 5.91 Å². The van der Waals surface area contributed by atoms with Crippen LogP contribution in [-0.2, 0) is 11.2 Å². The predicted molar refractivity (Wildman–Crippen MR) is 92.7 cm³/mol. The van der Waals surface area contributed by atoms with Crippen LogP contribution in [-0.4, -0.2) is 24.8 Å². The Hall–Kier alpha value is -1.99. The summed E-state index contributed by atoms with van der Waals surface area (Å²) < 4.78 is 28.9. The second-order valence-electron chi connectivity index (χ2n) is 5.15. The van der Waals surface area contributed by atoms with E-state index >= 15 is 0 Å². The van der Waals surface area contributed by atoms with Gasteiger partial charge >= 0.3 is 6.61 Å². The maximum atomic E-state index is 12.1. The Bertz CT molecular complexity index is 719. The van der Waals surface area contributed by atoms with Crippen LogP contribution < -0.4 is 10.1 Å². The molecule has 0 aliphatic carbocycles. The largest absolute Gasteiger partial charge is 0.435 e. The topological polar surface area (TPSA) is 55.4 Å². The van der Waals surface area contributed by atoms with E-state index in [1.165, 1.54) is 23.5 Å². The number of ether oxygens (including phenoxy) is 1. The molecule has 8 heteroatoms. The Kier molecular flexibility index (Phi) is 7.33. The molecule has 1 aromatic carbocycles. The standard InChI is InChI=1S/C17H16ClF2NO3S/c18-15-7-6-14(25-15)13(22)5-8-16(23)21-10-9-11-1-3-12(4-2-11)24-17(19)20/h1-4,6-7,17H,5,8-10H2,(H,21,23). The molecule has 1 heterocycles. The number of carbonyl (C=O) groups is 2. The van der Waals surface area contributed by atoms with Gasteiger partial charge in [-0.05, 0) is 36.2 Å². The Labute approximate surface area is 152 Å². The number of rotatable bonds is 9. The van der Waals surface area contributed by atoms with Crippen molar-refractivity contribution in [1.82, 2.24) is 5.32 Å². The van der Waals surface area contributed by atoms with Crippen LogP contribution in [0.4, 0.5) is 8.78 Å². The van der Waals surface area contributed by atoms with Crippen LogP contribution in [0.1, 0.15) is 28.1 Å². The van der Waals surface area contributed by atoms with Gasteiger partial charge in [0.05, 0.1) is 9.21 Å². The molecule has 0 atom stereocenters. The number of halogens is 3. The van der Waals surface area contributed by atoms with Gasteiger partial charge in [-0.25, -0.2) is 0 Å². The van der Waals surface area contributed by atoms with Gasteiger partial charge in [-0.15, -0.1) is 11.3 Å². The van der Waals surface area contributed by atoms with E-state index in [4.69, 9.17) is 11.6 Å². The second kappa shape index (κ2) is 9.48. The van der Waals surface area contributed by atoms with Crippen molar-refractivity contribution in [3.63, 3.8) is 0 Å². The highest BCUT2D eigenvalue weighted by Gasteiger charge is 2.11. The number of Topliss-reactive ketones (excluding diaryl/α,β-unsaturated/α-hetero) is 1. The summed E-state index contributed by atoms with van der Waals surface area (Å²) in [6, 6.07) is 9.52. The van der Waals surface area contributed by atoms with E-state index in [1.54, 1.807) is 24.3 Å². The van der Waals surface area contributed by atoms with Crippen molar-refractivity contribution < 1.29 is 23.1 Å². The molecule has 1 N–H and O–H groups in total. The zero-order valence-corrected chi connectivity index (χ0v) is 14.7. The molecule has 0 radical (unpaired) electrons. The molecule has 0 unspecified atom stereocenters. The van der Waals surface area contributed by atoms with E-state index in [9.17, 15) is 18.4 Å². The number of hydrogen-bond donors (Lipinski definition) is 1. The molecule has 0 saturated heterocycles. The van der Waals surface area contributed by atoms with Gasteiger partial charge in [0.25, 0.3) is 0 Å². The zero-order chi connectivity index (χ0) is 18.2. The van der Waals surface area contributed by atoms with Crippen molar-refractivity contribution in [2.75, 3.05) is 6.54 Å². The van der Waals surface area contributed by atoms with Gasteiger partial charge < -0.3 is 10.1 Å². The number of alkyl halides is 2. The number of carbonyl (C=O) groups excluding carboxylic acids is 2. The van der Waals surface area contributed by atoms with Gasteiger partial charge in [-0.1, -0.05) is 23.7 Å². The number of benzene rings is 1. The fourth-order valence-corrected chi connectivity index (χ4v) is 3.10. The highest BCUT2D eigenvalue weighted by atomic mass is 35.5. The smallest absolute Gasteiger partial charge is 0.387 e. The fraction of sp³-hybridized carbons (Fsp3) is 0.294. The van der Waals surface area contributed by atoms with Crippen molar-refractivity contribution in [3.8, 4) is 5.75 Å². The Morgan fingerprint density at radius 2 is 1.84 bits per heavy atom. The van der Waals surface area contributed by atoms with Gasteiger partial charge in [0, 0.05) is 19.4 Å². The molecule has 0 bridgehead atoms. The first kappa shape index (κ1) is 19.3. The summed E-state index contributed by atoms with van der Waals surface area (Å²) in [7, 11) is 0. The molecule has 0 saturated carbocycles. The lowest BCUT2D eigenvalue weighted by Crippen LogP contribution is -2.26. The normalized spacial score (nSPS) is 10.7. The lowest BCUT2D eigenvalue weighted by Gasteiger charge is -2.07. The molecule has 0 spiro atoms. The third-order valence-corrected chi connectivity index (χ3v) is 4.58. The monoisotopic (exact) mass is 387 g/mol. The lowest BCUT2D eigenvalue weighted by atomic mass is 10.1. The maximum Gasteiger partial charge on any atom is 0.387 e. The summed E-state index contributed by atoms with van der Waals surface area (Å²) in [6.07, 6.45) is 0.785. The fourth-order valence-electron chi connectivity index (χ4n) is 2.09. The van der Waals surface area contributed by atoms with E-state index in [0.717, 1.165) is 5.56 Å². The third kappa shape index (κ3) is 6.80. The average Bonchev–Trinajstić information content (AvgIpc) is 3.00.